The van der Waals surface area contributed by atoms with Gasteiger partial charge in [0.05, 0.1) is 18.2 Å². The number of aliphatic hydroxyl groups is 1. The summed E-state index contributed by atoms with van der Waals surface area (Å²) in [5.74, 6) is 0.479. The standard InChI is InChI=1S/C12H16N2O3/c13-7-9(15)8-14-5-6-17-11-4-2-1-3-10(11)12(14)16/h1-4,9,15H,5-8,13H2/t9-/m1/s1. The summed E-state index contributed by atoms with van der Waals surface area (Å²) in [5.41, 5.74) is 5.89. The lowest BCUT2D eigenvalue weighted by Gasteiger charge is -2.22. The van der Waals surface area contributed by atoms with Gasteiger partial charge >= 0.3 is 0 Å². The Balaban J connectivity index is 2.20. The Kier molecular flexibility index (Phi) is 3.61. The number of β-amino-alcohol motifs (C(OH)–C–C–N with tert-alkyl or cyclic N) is 1. The molecule has 1 aliphatic heterocycles. The molecule has 0 aromatic heterocycles. The first kappa shape index (κ1) is 11.9. The molecular formula is C12H16N2O3. The number of benzene rings is 1. The first-order valence-electron chi connectivity index (χ1n) is 5.61. The van der Waals surface area contributed by atoms with Gasteiger partial charge in [0.15, 0.2) is 0 Å². The highest BCUT2D eigenvalue weighted by Gasteiger charge is 2.24. The number of nitrogens with two attached hydrogens (primary N) is 1. The number of rotatable bonds is 3. The van der Waals surface area contributed by atoms with Gasteiger partial charge in [0, 0.05) is 13.1 Å². The number of ether oxygens (including phenoxy) is 1. The van der Waals surface area contributed by atoms with E-state index < -0.39 is 6.10 Å². The van der Waals surface area contributed by atoms with E-state index in [1.807, 2.05) is 6.07 Å². The molecule has 92 valence electrons. The molecule has 0 spiro atoms. The molecule has 0 fully saturated rings. The van der Waals surface area contributed by atoms with Gasteiger partial charge in [0.25, 0.3) is 5.91 Å². The van der Waals surface area contributed by atoms with Crippen LogP contribution < -0.4 is 10.5 Å². The van der Waals surface area contributed by atoms with Crippen molar-refractivity contribution in [2.45, 2.75) is 6.10 Å². The van der Waals surface area contributed by atoms with Gasteiger partial charge in [0.1, 0.15) is 12.4 Å². The highest BCUT2D eigenvalue weighted by molar-refractivity contribution is 5.97. The third kappa shape index (κ3) is 2.57. The molecular weight excluding hydrogens is 220 g/mol. The molecule has 5 heteroatoms. The van der Waals surface area contributed by atoms with Gasteiger partial charge in [-0.05, 0) is 12.1 Å². The van der Waals surface area contributed by atoms with Crippen molar-refractivity contribution in [1.82, 2.24) is 4.90 Å². The zero-order chi connectivity index (χ0) is 12.3. The average Bonchev–Trinajstić information content (AvgIpc) is 2.51. The van der Waals surface area contributed by atoms with Gasteiger partial charge in [-0.1, -0.05) is 12.1 Å². The van der Waals surface area contributed by atoms with Gasteiger partial charge in [0.2, 0.25) is 0 Å². The third-order valence-electron chi connectivity index (χ3n) is 2.73. The molecule has 1 heterocycles. The highest BCUT2D eigenvalue weighted by atomic mass is 16.5. The number of fused-ring (bicyclic) bond motifs is 1. The maximum absolute atomic E-state index is 12.2. The van der Waals surface area contributed by atoms with Crippen LogP contribution in [-0.2, 0) is 0 Å². The number of aliphatic hydroxyl groups excluding tert-OH is 1. The molecule has 1 atom stereocenters. The molecule has 1 aromatic carbocycles. The van der Waals surface area contributed by atoms with Gasteiger partial charge < -0.3 is 20.5 Å². The summed E-state index contributed by atoms with van der Waals surface area (Å²) in [6, 6.07) is 7.13. The Bertz CT molecular complexity index is 408. The van der Waals surface area contributed by atoms with Crippen LogP contribution in [0.5, 0.6) is 5.75 Å². The normalized spacial score (nSPS) is 17.1. The summed E-state index contributed by atoms with van der Waals surface area (Å²) in [4.78, 5) is 13.8. The molecule has 0 saturated heterocycles. The monoisotopic (exact) mass is 236 g/mol. The number of para-hydroxylation sites is 1. The van der Waals surface area contributed by atoms with Crippen LogP contribution in [0.15, 0.2) is 24.3 Å². The molecule has 0 unspecified atom stereocenters. The van der Waals surface area contributed by atoms with Crippen molar-refractivity contribution in [1.29, 1.82) is 0 Å². The van der Waals surface area contributed by atoms with Crippen molar-refractivity contribution in [3.63, 3.8) is 0 Å². The maximum atomic E-state index is 12.2. The second-order valence-electron chi connectivity index (χ2n) is 3.99. The third-order valence-corrected chi connectivity index (χ3v) is 2.73. The molecule has 2 rings (SSSR count). The van der Waals surface area contributed by atoms with E-state index in [0.29, 0.717) is 24.5 Å². The number of hydrogen-bond donors (Lipinski definition) is 2. The Labute approximate surface area is 99.8 Å². The summed E-state index contributed by atoms with van der Waals surface area (Å²) < 4.78 is 5.49. The predicted molar refractivity (Wildman–Crippen MR) is 62.9 cm³/mol. The summed E-state index contributed by atoms with van der Waals surface area (Å²) in [5, 5.41) is 9.51. The second-order valence-corrected chi connectivity index (χ2v) is 3.99. The van der Waals surface area contributed by atoms with E-state index in [2.05, 4.69) is 0 Å². The minimum absolute atomic E-state index is 0.120. The van der Waals surface area contributed by atoms with Crippen molar-refractivity contribution in [3.8, 4) is 5.75 Å². The fraction of sp³-hybridized carbons (Fsp3) is 0.417. The highest BCUT2D eigenvalue weighted by Crippen LogP contribution is 2.22. The Morgan fingerprint density at radius 1 is 1.47 bits per heavy atom. The molecule has 5 nitrogen and oxygen atoms in total. The van der Waals surface area contributed by atoms with Crippen LogP contribution >= 0.6 is 0 Å². The smallest absolute Gasteiger partial charge is 0.257 e. The molecule has 0 radical (unpaired) electrons. The zero-order valence-corrected chi connectivity index (χ0v) is 9.50. The lowest BCUT2D eigenvalue weighted by molar-refractivity contribution is 0.0631. The topological polar surface area (TPSA) is 75.8 Å². The van der Waals surface area contributed by atoms with Gasteiger partial charge in [-0.2, -0.15) is 0 Å². The minimum Gasteiger partial charge on any atom is -0.491 e. The Morgan fingerprint density at radius 2 is 2.24 bits per heavy atom. The number of hydrogen-bond acceptors (Lipinski definition) is 4. The molecule has 0 bridgehead atoms. The van der Waals surface area contributed by atoms with E-state index in [0.717, 1.165) is 0 Å². The Hall–Kier alpha value is -1.59. The molecule has 1 aromatic rings. The largest absolute Gasteiger partial charge is 0.491 e. The van der Waals surface area contributed by atoms with Crippen LogP contribution in [0.1, 0.15) is 10.4 Å². The van der Waals surface area contributed by atoms with Gasteiger partial charge in [-0.15, -0.1) is 0 Å². The van der Waals surface area contributed by atoms with Crippen LogP contribution in [0.4, 0.5) is 0 Å². The van der Waals surface area contributed by atoms with Crippen molar-refractivity contribution < 1.29 is 14.6 Å². The van der Waals surface area contributed by atoms with Crippen LogP contribution in [0, 0.1) is 0 Å². The van der Waals surface area contributed by atoms with Crippen LogP contribution in [0.3, 0.4) is 0 Å². The average molecular weight is 236 g/mol. The van der Waals surface area contributed by atoms with E-state index in [9.17, 15) is 9.90 Å². The molecule has 0 saturated carbocycles. The second kappa shape index (κ2) is 5.16. The van der Waals surface area contributed by atoms with E-state index in [1.54, 1.807) is 23.1 Å². The minimum atomic E-state index is -0.691. The number of nitrogens with zero attached hydrogens (tertiary/aromatic N) is 1. The van der Waals surface area contributed by atoms with E-state index >= 15 is 0 Å². The summed E-state index contributed by atoms with van der Waals surface area (Å²) >= 11 is 0. The molecule has 1 aliphatic rings. The van der Waals surface area contributed by atoms with Gasteiger partial charge in [-0.3, -0.25) is 4.79 Å². The number of carbonyl (C=O) groups is 1. The van der Waals surface area contributed by atoms with Crippen molar-refractivity contribution in [3.05, 3.63) is 29.8 Å². The zero-order valence-electron chi connectivity index (χ0n) is 9.50. The SMILES string of the molecule is NC[C@@H](O)CN1CCOc2ccccc2C1=O. The van der Waals surface area contributed by atoms with Crippen LogP contribution in [-0.4, -0.2) is 48.3 Å². The van der Waals surface area contributed by atoms with Crippen LogP contribution in [0.2, 0.25) is 0 Å². The van der Waals surface area contributed by atoms with Gasteiger partial charge in [-0.25, -0.2) is 0 Å². The quantitative estimate of drug-likeness (QED) is 0.764. The van der Waals surface area contributed by atoms with Crippen LogP contribution in [0.25, 0.3) is 0 Å². The van der Waals surface area contributed by atoms with E-state index in [-0.39, 0.29) is 19.0 Å². The van der Waals surface area contributed by atoms with E-state index in [1.165, 1.54) is 0 Å². The molecule has 3 N–H and O–H groups in total. The summed E-state index contributed by atoms with van der Waals surface area (Å²) in [7, 11) is 0. The Morgan fingerprint density at radius 3 is 3.00 bits per heavy atom. The molecule has 1 amide bonds. The van der Waals surface area contributed by atoms with E-state index in [4.69, 9.17) is 10.5 Å². The maximum Gasteiger partial charge on any atom is 0.257 e. The first-order valence-corrected chi connectivity index (χ1v) is 5.61. The fourth-order valence-corrected chi connectivity index (χ4v) is 1.81. The lowest BCUT2D eigenvalue weighted by atomic mass is 10.1. The first-order chi connectivity index (χ1) is 8.22. The number of carbonyl (C=O) groups excluding carboxylic acids is 1. The van der Waals surface area contributed by atoms with Crippen molar-refractivity contribution in [2.24, 2.45) is 5.73 Å². The molecule has 17 heavy (non-hydrogen) atoms. The lowest BCUT2D eigenvalue weighted by Crippen LogP contribution is -2.41. The van der Waals surface area contributed by atoms with Crippen molar-refractivity contribution in [2.75, 3.05) is 26.2 Å². The fourth-order valence-electron chi connectivity index (χ4n) is 1.81. The predicted octanol–water partition coefficient (Wildman–Crippen LogP) is -0.159. The molecule has 0 aliphatic carbocycles. The number of amides is 1. The summed E-state index contributed by atoms with van der Waals surface area (Å²) in [6.07, 6.45) is -0.691. The summed E-state index contributed by atoms with van der Waals surface area (Å²) in [6.45, 7) is 1.28. The van der Waals surface area contributed by atoms with Crippen molar-refractivity contribution >= 4 is 5.91 Å².